The summed E-state index contributed by atoms with van der Waals surface area (Å²) in [5, 5.41) is 8.16. The normalized spacial score (nSPS) is 10.8. The molecular weight excluding hydrogens is 242 g/mol. The van der Waals surface area contributed by atoms with E-state index in [1.165, 1.54) is 0 Å². The summed E-state index contributed by atoms with van der Waals surface area (Å²) in [4.78, 5) is 8.41. The zero-order valence-corrected chi connectivity index (χ0v) is 10.7. The molecule has 3 rings (SSSR count). The summed E-state index contributed by atoms with van der Waals surface area (Å²) in [5.74, 6) is 1.83. The van der Waals surface area contributed by atoms with E-state index in [0.29, 0.717) is 18.3 Å². The first-order valence-corrected chi connectivity index (χ1v) is 5.96. The third-order valence-electron chi connectivity index (χ3n) is 2.69. The van der Waals surface area contributed by atoms with Crippen molar-refractivity contribution in [2.45, 2.75) is 20.4 Å². The number of nitrogens with zero attached hydrogens (tertiary/aromatic N) is 5. The van der Waals surface area contributed by atoms with E-state index in [9.17, 15) is 0 Å². The molecule has 0 bridgehead atoms. The summed E-state index contributed by atoms with van der Waals surface area (Å²) in [7, 11) is 0. The van der Waals surface area contributed by atoms with Gasteiger partial charge >= 0.3 is 0 Å². The van der Waals surface area contributed by atoms with Crippen LogP contribution in [0.1, 0.15) is 17.3 Å². The number of rotatable bonds is 3. The van der Waals surface area contributed by atoms with Gasteiger partial charge in [-0.15, -0.1) is 0 Å². The van der Waals surface area contributed by atoms with Gasteiger partial charge < -0.3 is 4.52 Å². The highest BCUT2D eigenvalue weighted by Gasteiger charge is 2.09. The van der Waals surface area contributed by atoms with E-state index < -0.39 is 0 Å². The first kappa shape index (κ1) is 11.6. The molecule has 0 N–H and O–H groups in total. The molecule has 0 saturated heterocycles. The Morgan fingerprint density at radius 2 is 2.16 bits per heavy atom. The smallest absolute Gasteiger partial charge is 0.248 e. The average molecular weight is 255 g/mol. The second-order valence-corrected chi connectivity index (χ2v) is 4.37. The number of benzene rings is 1. The standard InChI is InChI=1S/C13H13N5O/c1-9-4-3-5-11(6-9)13-15-12(19-17-13)7-18-8-14-10(2)16-18/h3-6,8H,7H2,1-2H3. The first-order chi connectivity index (χ1) is 9.20. The van der Waals surface area contributed by atoms with Crippen LogP contribution in [0.15, 0.2) is 35.1 Å². The average Bonchev–Trinajstić information content (AvgIpc) is 2.99. The lowest BCUT2D eigenvalue weighted by Crippen LogP contribution is -2.00. The molecule has 3 aromatic rings. The van der Waals surface area contributed by atoms with E-state index >= 15 is 0 Å². The summed E-state index contributed by atoms with van der Waals surface area (Å²) < 4.78 is 6.89. The van der Waals surface area contributed by atoms with Gasteiger partial charge in [0.2, 0.25) is 11.7 Å². The number of aryl methyl sites for hydroxylation is 2. The van der Waals surface area contributed by atoms with Gasteiger partial charge in [0.1, 0.15) is 18.7 Å². The van der Waals surface area contributed by atoms with Gasteiger partial charge in [-0.25, -0.2) is 9.67 Å². The zero-order valence-electron chi connectivity index (χ0n) is 10.7. The highest BCUT2D eigenvalue weighted by atomic mass is 16.5. The van der Waals surface area contributed by atoms with E-state index in [-0.39, 0.29) is 0 Å². The molecule has 96 valence electrons. The molecule has 0 spiro atoms. The summed E-state index contributed by atoms with van der Waals surface area (Å²) in [5.41, 5.74) is 2.11. The fraction of sp³-hybridized carbons (Fsp3) is 0.231. The molecule has 0 aliphatic carbocycles. The van der Waals surface area contributed by atoms with E-state index in [1.807, 2.05) is 38.1 Å². The van der Waals surface area contributed by atoms with Crippen molar-refractivity contribution in [3.05, 3.63) is 47.9 Å². The molecule has 0 aliphatic heterocycles. The Balaban J connectivity index is 1.83. The van der Waals surface area contributed by atoms with Crippen molar-refractivity contribution < 1.29 is 4.52 Å². The molecule has 0 atom stereocenters. The van der Waals surface area contributed by atoms with Gasteiger partial charge in [0.25, 0.3) is 0 Å². The summed E-state index contributed by atoms with van der Waals surface area (Å²) in [6.07, 6.45) is 1.64. The van der Waals surface area contributed by atoms with Crippen LogP contribution < -0.4 is 0 Å². The lowest BCUT2D eigenvalue weighted by atomic mass is 10.1. The van der Waals surface area contributed by atoms with Crippen molar-refractivity contribution >= 4 is 0 Å². The Bertz CT molecular complexity index is 700. The number of hydrogen-bond acceptors (Lipinski definition) is 5. The molecule has 6 heteroatoms. The SMILES string of the molecule is Cc1cccc(-c2noc(Cn3cnc(C)n3)n2)c1. The third-order valence-corrected chi connectivity index (χ3v) is 2.69. The maximum Gasteiger partial charge on any atom is 0.248 e. The minimum Gasteiger partial charge on any atom is -0.337 e. The fourth-order valence-electron chi connectivity index (χ4n) is 1.82. The van der Waals surface area contributed by atoms with Gasteiger partial charge in [0.05, 0.1) is 0 Å². The Labute approximate surface area is 110 Å². The zero-order chi connectivity index (χ0) is 13.2. The molecule has 0 aliphatic rings. The minimum atomic E-state index is 0.430. The first-order valence-electron chi connectivity index (χ1n) is 5.96. The molecular formula is C13H13N5O. The summed E-state index contributed by atoms with van der Waals surface area (Å²) in [6, 6.07) is 7.99. The van der Waals surface area contributed by atoms with Gasteiger partial charge in [0.15, 0.2) is 0 Å². The molecule has 19 heavy (non-hydrogen) atoms. The summed E-state index contributed by atoms with van der Waals surface area (Å²) in [6.45, 7) is 4.30. The highest BCUT2D eigenvalue weighted by molar-refractivity contribution is 5.55. The Kier molecular flexibility index (Phi) is 2.83. The molecule has 6 nitrogen and oxygen atoms in total. The van der Waals surface area contributed by atoms with Gasteiger partial charge in [-0.2, -0.15) is 10.1 Å². The van der Waals surface area contributed by atoms with Crippen molar-refractivity contribution in [1.29, 1.82) is 0 Å². The Morgan fingerprint density at radius 1 is 1.26 bits per heavy atom. The number of aromatic nitrogens is 5. The van der Waals surface area contributed by atoms with Crippen molar-refractivity contribution in [3.8, 4) is 11.4 Å². The fourth-order valence-corrected chi connectivity index (χ4v) is 1.82. The monoisotopic (exact) mass is 255 g/mol. The molecule has 2 aromatic heterocycles. The van der Waals surface area contributed by atoms with Gasteiger partial charge in [-0.3, -0.25) is 0 Å². The Hall–Kier alpha value is -2.50. The molecule has 0 saturated carbocycles. The molecule has 0 fully saturated rings. The summed E-state index contributed by atoms with van der Waals surface area (Å²) >= 11 is 0. The molecule has 0 unspecified atom stereocenters. The molecule has 0 radical (unpaired) electrons. The van der Waals surface area contributed by atoms with Crippen molar-refractivity contribution in [1.82, 2.24) is 24.9 Å². The Morgan fingerprint density at radius 3 is 2.89 bits per heavy atom. The highest BCUT2D eigenvalue weighted by Crippen LogP contribution is 2.17. The second kappa shape index (κ2) is 4.64. The van der Waals surface area contributed by atoms with Crippen molar-refractivity contribution in [2.24, 2.45) is 0 Å². The van der Waals surface area contributed by atoms with Gasteiger partial charge in [-0.05, 0) is 19.9 Å². The van der Waals surface area contributed by atoms with Crippen LogP contribution in [-0.4, -0.2) is 24.9 Å². The van der Waals surface area contributed by atoms with Gasteiger partial charge in [0, 0.05) is 5.56 Å². The molecule has 1 aromatic carbocycles. The van der Waals surface area contributed by atoms with Crippen LogP contribution in [0, 0.1) is 13.8 Å². The van der Waals surface area contributed by atoms with E-state index in [1.54, 1.807) is 11.0 Å². The van der Waals surface area contributed by atoms with Crippen LogP contribution >= 0.6 is 0 Å². The van der Waals surface area contributed by atoms with Crippen molar-refractivity contribution in [2.75, 3.05) is 0 Å². The van der Waals surface area contributed by atoms with Crippen molar-refractivity contribution in [3.63, 3.8) is 0 Å². The van der Waals surface area contributed by atoms with E-state index in [2.05, 4.69) is 20.2 Å². The third kappa shape index (κ3) is 2.52. The van der Waals surface area contributed by atoms with Gasteiger partial charge in [-0.1, -0.05) is 28.9 Å². The topological polar surface area (TPSA) is 69.6 Å². The van der Waals surface area contributed by atoms with Crippen LogP contribution in [-0.2, 0) is 6.54 Å². The number of hydrogen-bond donors (Lipinski definition) is 0. The maximum absolute atomic E-state index is 5.22. The lowest BCUT2D eigenvalue weighted by molar-refractivity contribution is 0.366. The van der Waals surface area contributed by atoms with Crippen LogP contribution in [0.3, 0.4) is 0 Å². The van der Waals surface area contributed by atoms with Crippen LogP contribution in [0.2, 0.25) is 0 Å². The molecule has 0 amide bonds. The maximum atomic E-state index is 5.22. The minimum absolute atomic E-state index is 0.430. The molecule has 2 heterocycles. The van der Waals surface area contributed by atoms with E-state index in [0.717, 1.165) is 17.0 Å². The van der Waals surface area contributed by atoms with Crippen LogP contribution in [0.4, 0.5) is 0 Å². The predicted octanol–water partition coefficient (Wildman–Crippen LogP) is 1.99. The van der Waals surface area contributed by atoms with Crippen LogP contribution in [0.25, 0.3) is 11.4 Å². The van der Waals surface area contributed by atoms with E-state index in [4.69, 9.17) is 4.52 Å². The second-order valence-electron chi connectivity index (χ2n) is 4.37. The van der Waals surface area contributed by atoms with Crippen LogP contribution in [0.5, 0.6) is 0 Å². The largest absolute Gasteiger partial charge is 0.337 e. The lowest BCUT2D eigenvalue weighted by Gasteiger charge is -1.95. The predicted molar refractivity (Wildman–Crippen MR) is 68.3 cm³/mol. The quantitative estimate of drug-likeness (QED) is 0.715.